The zero-order valence-electron chi connectivity index (χ0n) is 16.6. The lowest BCUT2D eigenvalue weighted by Crippen LogP contribution is -2.17. The Morgan fingerprint density at radius 3 is 2.59 bits per heavy atom. The Bertz CT molecular complexity index is 737. The fourth-order valence-corrected chi connectivity index (χ4v) is 3.82. The molecule has 2 aromatic rings. The van der Waals surface area contributed by atoms with Crippen LogP contribution >= 0.6 is 0 Å². The molecule has 0 saturated heterocycles. The highest BCUT2D eigenvalue weighted by molar-refractivity contribution is 5.90. The number of benzene rings is 1. The summed E-state index contributed by atoms with van der Waals surface area (Å²) in [5.41, 5.74) is 2.85. The van der Waals surface area contributed by atoms with Crippen LogP contribution in [0.2, 0.25) is 0 Å². The number of carbonyl (C=O) groups is 1. The van der Waals surface area contributed by atoms with Crippen molar-refractivity contribution in [3.8, 4) is 11.3 Å². The van der Waals surface area contributed by atoms with Gasteiger partial charge in [-0.15, -0.1) is 0 Å². The number of hydrogen-bond donors (Lipinski definition) is 1. The molecular formula is C23H31N3O. The van der Waals surface area contributed by atoms with Gasteiger partial charge in [-0.3, -0.25) is 4.79 Å². The minimum Gasteiger partial charge on any atom is -0.309 e. The summed E-state index contributed by atoms with van der Waals surface area (Å²) in [6, 6.07) is 10.1. The lowest BCUT2D eigenvalue weighted by atomic mass is 9.86. The summed E-state index contributed by atoms with van der Waals surface area (Å²) in [5.74, 6) is 1.76. The standard InChI is InChI=1S/C23H31N3O/c1-17(2)15-22(27)26-23-20(14-13-18-9-5-3-6-10-18)25-21(16-24-23)19-11-7-4-8-12-19/h4,7-8,11-12,16-18H,3,5-6,9-10,13-15H2,1-2H3,(H,24,26,27). The molecule has 1 heterocycles. The summed E-state index contributed by atoms with van der Waals surface area (Å²) in [7, 11) is 0. The molecule has 27 heavy (non-hydrogen) atoms. The minimum atomic E-state index is 0.0191. The third-order valence-electron chi connectivity index (χ3n) is 5.28. The van der Waals surface area contributed by atoms with Gasteiger partial charge in [-0.05, 0) is 24.7 Å². The van der Waals surface area contributed by atoms with Crippen molar-refractivity contribution in [2.24, 2.45) is 11.8 Å². The average molecular weight is 366 g/mol. The quantitative estimate of drug-likeness (QED) is 0.690. The van der Waals surface area contributed by atoms with Gasteiger partial charge in [-0.25, -0.2) is 9.97 Å². The molecular weight excluding hydrogens is 334 g/mol. The highest BCUT2D eigenvalue weighted by Crippen LogP contribution is 2.29. The molecule has 1 aliphatic carbocycles. The number of nitrogens with one attached hydrogen (secondary N) is 1. The van der Waals surface area contributed by atoms with Gasteiger partial charge in [0, 0.05) is 12.0 Å². The van der Waals surface area contributed by atoms with Gasteiger partial charge in [0.25, 0.3) is 0 Å². The number of aromatic nitrogens is 2. The van der Waals surface area contributed by atoms with Crippen LogP contribution in [0.4, 0.5) is 5.82 Å². The molecule has 1 saturated carbocycles. The number of carbonyl (C=O) groups excluding carboxylic acids is 1. The van der Waals surface area contributed by atoms with Crippen LogP contribution in [0.3, 0.4) is 0 Å². The van der Waals surface area contributed by atoms with E-state index in [-0.39, 0.29) is 5.91 Å². The summed E-state index contributed by atoms with van der Waals surface area (Å²) in [6.07, 6.45) is 11.0. The minimum absolute atomic E-state index is 0.0191. The summed E-state index contributed by atoms with van der Waals surface area (Å²) >= 11 is 0. The van der Waals surface area contributed by atoms with Crippen LogP contribution in [0.5, 0.6) is 0 Å². The molecule has 0 atom stereocenters. The number of aryl methyl sites for hydroxylation is 1. The van der Waals surface area contributed by atoms with Gasteiger partial charge in [-0.2, -0.15) is 0 Å². The number of anilines is 1. The van der Waals surface area contributed by atoms with Crippen molar-refractivity contribution < 1.29 is 4.79 Å². The van der Waals surface area contributed by atoms with Crippen molar-refractivity contribution in [3.05, 3.63) is 42.2 Å². The zero-order chi connectivity index (χ0) is 19.1. The normalized spacial score (nSPS) is 15.1. The fourth-order valence-electron chi connectivity index (χ4n) is 3.82. The van der Waals surface area contributed by atoms with Crippen LogP contribution in [0.15, 0.2) is 36.5 Å². The first kappa shape index (κ1) is 19.5. The van der Waals surface area contributed by atoms with E-state index in [1.807, 2.05) is 44.2 Å². The Morgan fingerprint density at radius 2 is 1.89 bits per heavy atom. The Hall–Kier alpha value is -2.23. The molecule has 4 nitrogen and oxygen atoms in total. The first-order valence-electron chi connectivity index (χ1n) is 10.3. The van der Waals surface area contributed by atoms with Crippen molar-refractivity contribution in [2.75, 3.05) is 5.32 Å². The molecule has 4 heteroatoms. The number of nitrogens with zero attached hydrogens (tertiary/aromatic N) is 2. The van der Waals surface area contributed by atoms with E-state index in [4.69, 9.17) is 4.98 Å². The molecule has 1 N–H and O–H groups in total. The number of rotatable bonds is 7. The van der Waals surface area contributed by atoms with Gasteiger partial charge in [0.05, 0.1) is 17.6 Å². The average Bonchev–Trinajstić information content (AvgIpc) is 2.68. The van der Waals surface area contributed by atoms with Crippen LogP contribution in [0.1, 0.15) is 64.5 Å². The maximum atomic E-state index is 12.3. The van der Waals surface area contributed by atoms with Crippen LogP contribution in [-0.2, 0) is 11.2 Å². The lowest BCUT2D eigenvalue weighted by Gasteiger charge is -2.21. The molecule has 144 valence electrons. The SMILES string of the molecule is CC(C)CC(=O)Nc1ncc(-c2ccccc2)nc1CCC1CCCCC1. The largest absolute Gasteiger partial charge is 0.309 e. The van der Waals surface area contributed by atoms with Gasteiger partial charge >= 0.3 is 0 Å². The highest BCUT2D eigenvalue weighted by Gasteiger charge is 2.17. The number of hydrogen-bond acceptors (Lipinski definition) is 3. The summed E-state index contributed by atoms with van der Waals surface area (Å²) in [4.78, 5) is 21.7. The maximum Gasteiger partial charge on any atom is 0.225 e. The topological polar surface area (TPSA) is 54.9 Å². The zero-order valence-corrected chi connectivity index (χ0v) is 16.6. The van der Waals surface area contributed by atoms with E-state index in [2.05, 4.69) is 10.3 Å². The summed E-state index contributed by atoms with van der Waals surface area (Å²) in [5, 5.41) is 3.00. The van der Waals surface area contributed by atoms with E-state index >= 15 is 0 Å². The highest BCUT2D eigenvalue weighted by atomic mass is 16.1. The van der Waals surface area contributed by atoms with E-state index in [0.29, 0.717) is 18.2 Å². The Labute approximate surface area is 162 Å². The molecule has 0 aliphatic heterocycles. The predicted molar refractivity (Wildman–Crippen MR) is 110 cm³/mol. The third-order valence-corrected chi connectivity index (χ3v) is 5.28. The van der Waals surface area contributed by atoms with Gasteiger partial charge in [-0.1, -0.05) is 76.3 Å². The van der Waals surface area contributed by atoms with E-state index in [9.17, 15) is 4.79 Å². The molecule has 0 spiro atoms. The molecule has 1 amide bonds. The van der Waals surface area contributed by atoms with Crippen molar-refractivity contribution in [1.29, 1.82) is 0 Å². The van der Waals surface area contributed by atoms with Crippen LogP contribution in [0, 0.1) is 11.8 Å². The van der Waals surface area contributed by atoms with E-state index in [1.54, 1.807) is 6.20 Å². The van der Waals surface area contributed by atoms with Gasteiger partial charge in [0.2, 0.25) is 5.91 Å². The summed E-state index contributed by atoms with van der Waals surface area (Å²) < 4.78 is 0. The van der Waals surface area contributed by atoms with Crippen molar-refractivity contribution in [2.45, 2.75) is 65.2 Å². The molecule has 1 aliphatic rings. The van der Waals surface area contributed by atoms with Crippen molar-refractivity contribution >= 4 is 11.7 Å². The van der Waals surface area contributed by atoms with Crippen molar-refractivity contribution in [3.63, 3.8) is 0 Å². The van der Waals surface area contributed by atoms with Crippen LogP contribution in [-0.4, -0.2) is 15.9 Å². The monoisotopic (exact) mass is 365 g/mol. The van der Waals surface area contributed by atoms with Crippen molar-refractivity contribution in [1.82, 2.24) is 9.97 Å². The Kier molecular flexibility index (Phi) is 6.97. The Balaban J connectivity index is 1.79. The molecule has 1 aromatic heterocycles. The number of amides is 1. The molecule has 1 aromatic carbocycles. The molecule has 0 unspecified atom stereocenters. The van der Waals surface area contributed by atoms with Gasteiger partial charge in [0.15, 0.2) is 5.82 Å². The van der Waals surface area contributed by atoms with Crippen LogP contribution < -0.4 is 5.32 Å². The van der Waals surface area contributed by atoms with E-state index in [0.717, 1.165) is 35.7 Å². The first-order valence-corrected chi connectivity index (χ1v) is 10.3. The van der Waals surface area contributed by atoms with E-state index in [1.165, 1.54) is 32.1 Å². The predicted octanol–water partition coefficient (Wildman–Crippen LogP) is 5.64. The van der Waals surface area contributed by atoms with Gasteiger partial charge < -0.3 is 5.32 Å². The molecule has 0 bridgehead atoms. The second kappa shape index (κ2) is 9.63. The third kappa shape index (κ3) is 5.88. The summed E-state index contributed by atoms with van der Waals surface area (Å²) in [6.45, 7) is 4.10. The van der Waals surface area contributed by atoms with Gasteiger partial charge in [0.1, 0.15) is 0 Å². The molecule has 1 fully saturated rings. The van der Waals surface area contributed by atoms with Crippen LogP contribution in [0.25, 0.3) is 11.3 Å². The Morgan fingerprint density at radius 1 is 1.15 bits per heavy atom. The smallest absolute Gasteiger partial charge is 0.225 e. The molecule has 3 rings (SSSR count). The first-order chi connectivity index (χ1) is 13.1. The second-order valence-electron chi connectivity index (χ2n) is 8.11. The fraction of sp³-hybridized carbons (Fsp3) is 0.522. The maximum absolute atomic E-state index is 12.3. The lowest BCUT2D eigenvalue weighted by molar-refractivity contribution is -0.116. The molecule has 0 radical (unpaired) electrons. The second-order valence-corrected chi connectivity index (χ2v) is 8.11. The van der Waals surface area contributed by atoms with E-state index < -0.39 is 0 Å².